The number of hydrogen-bond donors (Lipinski definition) is 4. The molecule has 0 heterocycles. The lowest BCUT2D eigenvalue weighted by Crippen LogP contribution is -2.31. The Bertz CT molecular complexity index is 1530. The van der Waals surface area contributed by atoms with E-state index < -0.39 is 18.3 Å². The molecule has 4 aromatic rings. The second-order valence-electron chi connectivity index (χ2n) is 9.85. The second kappa shape index (κ2) is 17.4. The van der Waals surface area contributed by atoms with Crippen molar-refractivity contribution >= 4 is 40.8 Å². The van der Waals surface area contributed by atoms with Gasteiger partial charge in [0.15, 0.2) is 6.10 Å². The maximum atomic E-state index is 13.2. The third-order valence-corrected chi connectivity index (χ3v) is 7.36. The number of para-hydroxylation sites is 3. The third kappa shape index (κ3) is 10.6. The monoisotopic (exact) mass is 627 g/mol. The number of benzene rings is 4. The first kappa shape index (κ1) is 33.0. The summed E-state index contributed by atoms with van der Waals surface area (Å²) in [6.07, 6.45) is 3.93. The number of carbonyl (C=O) groups excluding carboxylic acids is 2. The fourth-order valence-corrected chi connectivity index (χ4v) is 4.80. The normalized spacial score (nSPS) is 12.2. The number of nitrogen functional groups attached to an aromatic ring is 1. The Morgan fingerprint density at radius 3 is 2.29 bits per heavy atom. The van der Waals surface area contributed by atoms with Crippen LogP contribution >= 0.6 is 11.8 Å². The van der Waals surface area contributed by atoms with Crippen molar-refractivity contribution in [2.45, 2.75) is 29.9 Å². The van der Waals surface area contributed by atoms with E-state index in [0.717, 1.165) is 4.90 Å². The second-order valence-corrected chi connectivity index (χ2v) is 10.7. The summed E-state index contributed by atoms with van der Waals surface area (Å²) < 4.78 is 18.0. The number of anilines is 3. The number of allylic oxidation sites excluding steroid dienone is 1. The lowest BCUT2D eigenvalue weighted by Gasteiger charge is -2.28. The molecule has 0 spiro atoms. The van der Waals surface area contributed by atoms with Crippen LogP contribution in [0.4, 0.5) is 21.9 Å². The standard InChI is InChI=1S/C35H37N3O6S/c1-45-29-21-17-26(18-22-29)37-35(41)44-34(25-15-19-27(20-16-25)42-24-23-39)32(43-28-9-3-2-4-10-28)13-7-8-14-33(40)38-31-12-6-5-11-30(31)36/h2-6,8-12,14-22,32,34,39H,7,13,23-24,36H2,1H3,(H,37,41)(H,38,40)/b14-8+/t32-,34-/m1/s1. The average Bonchev–Trinajstić information content (AvgIpc) is 3.06. The van der Waals surface area contributed by atoms with Crippen molar-refractivity contribution in [3.8, 4) is 11.5 Å². The predicted molar refractivity (Wildman–Crippen MR) is 179 cm³/mol. The molecule has 0 saturated heterocycles. The first-order valence-electron chi connectivity index (χ1n) is 14.4. The van der Waals surface area contributed by atoms with Crippen LogP contribution in [0.5, 0.6) is 11.5 Å². The van der Waals surface area contributed by atoms with E-state index >= 15 is 0 Å². The molecule has 45 heavy (non-hydrogen) atoms. The molecule has 234 valence electrons. The summed E-state index contributed by atoms with van der Waals surface area (Å²) in [6, 6.07) is 30.9. The fraction of sp³-hybridized carbons (Fsp3) is 0.200. The summed E-state index contributed by atoms with van der Waals surface area (Å²) in [5.74, 6) is 0.860. The van der Waals surface area contributed by atoms with Crippen molar-refractivity contribution in [3.05, 3.63) is 121 Å². The van der Waals surface area contributed by atoms with Gasteiger partial charge in [-0.15, -0.1) is 11.8 Å². The highest BCUT2D eigenvalue weighted by Gasteiger charge is 2.29. The number of nitrogens with two attached hydrogens (primary N) is 1. The van der Waals surface area contributed by atoms with Crippen LogP contribution in [-0.2, 0) is 9.53 Å². The molecule has 2 atom stereocenters. The van der Waals surface area contributed by atoms with Crippen molar-refractivity contribution in [2.24, 2.45) is 0 Å². The van der Waals surface area contributed by atoms with Crippen LogP contribution in [0.1, 0.15) is 24.5 Å². The highest BCUT2D eigenvalue weighted by Crippen LogP contribution is 2.31. The summed E-state index contributed by atoms with van der Waals surface area (Å²) in [6.45, 7) is 0.0520. The van der Waals surface area contributed by atoms with Crippen LogP contribution in [-0.4, -0.2) is 42.7 Å². The number of carbonyl (C=O) groups is 2. The lowest BCUT2D eigenvalue weighted by atomic mass is 10.00. The summed E-state index contributed by atoms with van der Waals surface area (Å²) in [5, 5.41) is 14.7. The van der Waals surface area contributed by atoms with Gasteiger partial charge in [-0.05, 0) is 91.4 Å². The van der Waals surface area contributed by atoms with Gasteiger partial charge in [-0.3, -0.25) is 10.1 Å². The molecule has 0 fully saturated rings. The number of hydrogen-bond acceptors (Lipinski definition) is 8. The number of nitrogens with one attached hydrogen (secondary N) is 2. The Balaban J connectivity index is 1.54. The van der Waals surface area contributed by atoms with E-state index in [1.807, 2.05) is 60.9 Å². The average molecular weight is 628 g/mol. The van der Waals surface area contributed by atoms with E-state index in [2.05, 4.69) is 10.6 Å². The number of ether oxygens (including phenoxy) is 3. The molecule has 0 radical (unpaired) electrons. The Kier molecular flexibility index (Phi) is 12.7. The van der Waals surface area contributed by atoms with Gasteiger partial charge < -0.3 is 30.4 Å². The van der Waals surface area contributed by atoms with E-state index in [1.165, 1.54) is 6.08 Å². The molecule has 10 heteroatoms. The fourth-order valence-electron chi connectivity index (χ4n) is 4.39. The maximum absolute atomic E-state index is 13.2. The molecule has 5 N–H and O–H groups in total. The minimum absolute atomic E-state index is 0.108. The number of aliphatic hydroxyl groups excluding tert-OH is 1. The van der Waals surface area contributed by atoms with Gasteiger partial charge in [-0.2, -0.15) is 0 Å². The molecule has 0 aliphatic heterocycles. The molecule has 4 aromatic carbocycles. The highest BCUT2D eigenvalue weighted by atomic mass is 32.2. The Morgan fingerprint density at radius 2 is 1.60 bits per heavy atom. The Labute approximate surface area is 267 Å². The van der Waals surface area contributed by atoms with Crippen LogP contribution in [0.15, 0.2) is 120 Å². The highest BCUT2D eigenvalue weighted by molar-refractivity contribution is 7.98. The molecule has 0 saturated carbocycles. The molecule has 0 aliphatic rings. The summed E-state index contributed by atoms with van der Waals surface area (Å²) >= 11 is 1.61. The van der Waals surface area contributed by atoms with Gasteiger partial charge in [-0.25, -0.2) is 4.79 Å². The van der Waals surface area contributed by atoms with Crippen LogP contribution in [0.2, 0.25) is 0 Å². The van der Waals surface area contributed by atoms with Crippen molar-refractivity contribution in [3.63, 3.8) is 0 Å². The Morgan fingerprint density at radius 1 is 0.889 bits per heavy atom. The van der Waals surface area contributed by atoms with Gasteiger partial charge in [-0.1, -0.05) is 48.5 Å². The minimum Gasteiger partial charge on any atom is -0.491 e. The smallest absolute Gasteiger partial charge is 0.412 e. The zero-order valence-electron chi connectivity index (χ0n) is 24.9. The van der Waals surface area contributed by atoms with Gasteiger partial charge >= 0.3 is 6.09 Å². The first-order valence-corrected chi connectivity index (χ1v) is 15.7. The van der Waals surface area contributed by atoms with Crippen LogP contribution in [0.25, 0.3) is 0 Å². The topological polar surface area (TPSA) is 132 Å². The van der Waals surface area contributed by atoms with Crippen LogP contribution in [0, 0.1) is 0 Å². The van der Waals surface area contributed by atoms with Gasteiger partial charge in [0.25, 0.3) is 0 Å². The maximum Gasteiger partial charge on any atom is 0.412 e. The summed E-state index contributed by atoms with van der Waals surface area (Å²) in [4.78, 5) is 26.8. The van der Waals surface area contributed by atoms with Gasteiger partial charge in [0.1, 0.15) is 24.2 Å². The quantitative estimate of drug-likeness (QED) is 0.0625. The zero-order valence-corrected chi connectivity index (χ0v) is 25.7. The molecule has 0 bridgehead atoms. The van der Waals surface area contributed by atoms with E-state index in [4.69, 9.17) is 25.1 Å². The molecule has 0 aliphatic carbocycles. The zero-order chi connectivity index (χ0) is 31.9. The number of aliphatic hydroxyl groups is 1. The summed E-state index contributed by atoms with van der Waals surface area (Å²) in [7, 11) is 0. The van der Waals surface area contributed by atoms with Crippen molar-refractivity contribution in [2.75, 3.05) is 35.8 Å². The molecule has 2 amide bonds. The van der Waals surface area contributed by atoms with Crippen LogP contribution < -0.4 is 25.8 Å². The van der Waals surface area contributed by atoms with E-state index in [9.17, 15) is 9.59 Å². The van der Waals surface area contributed by atoms with E-state index in [-0.39, 0.29) is 19.1 Å². The third-order valence-electron chi connectivity index (χ3n) is 6.61. The molecule has 9 nitrogen and oxygen atoms in total. The van der Waals surface area contributed by atoms with E-state index in [0.29, 0.717) is 47.0 Å². The molecular formula is C35H37N3O6S. The largest absolute Gasteiger partial charge is 0.491 e. The number of rotatable bonds is 15. The number of thioether (sulfide) groups is 1. The van der Waals surface area contributed by atoms with E-state index in [1.54, 1.807) is 66.4 Å². The van der Waals surface area contributed by atoms with Crippen LogP contribution in [0.3, 0.4) is 0 Å². The molecule has 0 aromatic heterocycles. The van der Waals surface area contributed by atoms with Crippen molar-refractivity contribution in [1.29, 1.82) is 0 Å². The SMILES string of the molecule is CSc1ccc(NC(=O)O[C@H](c2ccc(OCCO)cc2)[C@@H](CC/C=C/C(=O)Nc2ccccc2N)Oc2ccccc2)cc1. The molecule has 4 rings (SSSR count). The predicted octanol–water partition coefficient (Wildman–Crippen LogP) is 7.07. The molecular weight excluding hydrogens is 590 g/mol. The van der Waals surface area contributed by atoms with Gasteiger partial charge in [0.05, 0.1) is 18.0 Å². The number of amides is 2. The Hall–Kier alpha value is -4.93. The van der Waals surface area contributed by atoms with Crippen molar-refractivity contribution in [1.82, 2.24) is 0 Å². The summed E-state index contributed by atoms with van der Waals surface area (Å²) in [5.41, 5.74) is 8.22. The first-order chi connectivity index (χ1) is 21.9. The van der Waals surface area contributed by atoms with Gasteiger partial charge in [0, 0.05) is 10.6 Å². The minimum atomic E-state index is -0.825. The molecule has 0 unspecified atom stereocenters. The van der Waals surface area contributed by atoms with Crippen molar-refractivity contribution < 1.29 is 28.9 Å². The van der Waals surface area contributed by atoms with Gasteiger partial charge in [0.2, 0.25) is 5.91 Å². The lowest BCUT2D eigenvalue weighted by molar-refractivity contribution is -0.111.